The van der Waals surface area contributed by atoms with Crippen LogP contribution in [-0.2, 0) is 11.8 Å². The van der Waals surface area contributed by atoms with Crippen molar-refractivity contribution in [1.82, 2.24) is 15.1 Å². The number of carbonyl (C=O) groups is 1. The van der Waals surface area contributed by atoms with Gasteiger partial charge in [-0.25, -0.2) is 0 Å². The van der Waals surface area contributed by atoms with Gasteiger partial charge in [0.15, 0.2) is 0 Å². The van der Waals surface area contributed by atoms with Crippen LogP contribution in [0, 0.1) is 6.92 Å². The van der Waals surface area contributed by atoms with Gasteiger partial charge in [0.05, 0.1) is 11.4 Å². The molecule has 0 aliphatic carbocycles. The molecule has 0 saturated heterocycles. The Balaban J connectivity index is 2.69. The molecular formula is C9H16N4O. The first-order valence-corrected chi connectivity index (χ1v) is 4.53. The maximum Gasteiger partial charge on any atom is 0.241 e. The summed E-state index contributed by atoms with van der Waals surface area (Å²) in [7, 11) is 3.47. The molecule has 1 unspecified atom stereocenters. The average molecular weight is 196 g/mol. The molecular weight excluding hydrogens is 180 g/mol. The van der Waals surface area contributed by atoms with E-state index in [2.05, 4.69) is 15.7 Å². The fourth-order valence-corrected chi connectivity index (χ4v) is 1.26. The van der Waals surface area contributed by atoms with Gasteiger partial charge in [0.2, 0.25) is 5.91 Å². The molecule has 0 aliphatic heterocycles. The van der Waals surface area contributed by atoms with E-state index in [1.54, 1.807) is 11.7 Å². The highest BCUT2D eigenvalue weighted by atomic mass is 16.2. The minimum Gasteiger partial charge on any atom is -0.371 e. The van der Waals surface area contributed by atoms with Crippen molar-refractivity contribution in [1.29, 1.82) is 0 Å². The lowest BCUT2D eigenvalue weighted by Gasteiger charge is -2.12. The Labute approximate surface area is 83.5 Å². The fourth-order valence-electron chi connectivity index (χ4n) is 1.26. The van der Waals surface area contributed by atoms with Gasteiger partial charge >= 0.3 is 0 Å². The summed E-state index contributed by atoms with van der Waals surface area (Å²) in [6, 6.07) is -0.247. The van der Waals surface area contributed by atoms with Crippen LogP contribution in [0.1, 0.15) is 12.6 Å². The molecule has 0 fully saturated rings. The second kappa shape index (κ2) is 4.13. The Hall–Kier alpha value is -1.52. The number of nitrogens with one attached hydrogen (secondary N) is 2. The van der Waals surface area contributed by atoms with Gasteiger partial charge in [0.25, 0.3) is 0 Å². The van der Waals surface area contributed by atoms with E-state index in [0.717, 1.165) is 11.4 Å². The third kappa shape index (κ3) is 2.25. The van der Waals surface area contributed by atoms with E-state index in [1.807, 2.05) is 27.1 Å². The molecule has 1 heterocycles. The van der Waals surface area contributed by atoms with Crippen LogP contribution in [-0.4, -0.2) is 28.8 Å². The van der Waals surface area contributed by atoms with E-state index in [4.69, 9.17) is 0 Å². The predicted molar refractivity (Wildman–Crippen MR) is 55.1 cm³/mol. The first kappa shape index (κ1) is 10.6. The number of carbonyl (C=O) groups excluding carboxylic acids is 1. The van der Waals surface area contributed by atoms with Crippen LogP contribution in [0.25, 0.3) is 0 Å². The molecule has 1 atom stereocenters. The van der Waals surface area contributed by atoms with E-state index in [1.165, 1.54) is 0 Å². The van der Waals surface area contributed by atoms with Crippen LogP contribution in [0.5, 0.6) is 0 Å². The van der Waals surface area contributed by atoms with Gasteiger partial charge in [-0.1, -0.05) is 0 Å². The summed E-state index contributed by atoms with van der Waals surface area (Å²) in [5.41, 5.74) is 1.78. The topological polar surface area (TPSA) is 59.0 Å². The molecule has 78 valence electrons. The highest BCUT2D eigenvalue weighted by Crippen LogP contribution is 2.12. The first-order valence-electron chi connectivity index (χ1n) is 4.53. The highest BCUT2D eigenvalue weighted by Gasteiger charge is 2.12. The molecule has 2 N–H and O–H groups in total. The van der Waals surface area contributed by atoms with Crippen molar-refractivity contribution in [2.45, 2.75) is 19.9 Å². The van der Waals surface area contributed by atoms with E-state index < -0.39 is 0 Å². The van der Waals surface area contributed by atoms with Gasteiger partial charge in [-0.3, -0.25) is 9.48 Å². The zero-order chi connectivity index (χ0) is 10.7. The quantitative estimate of drug-likeness (QED) is 0.729. The Morgan fingerprint density at radius 1 is 1.64 bits per heavy atom. The lowest BCUT2D eigenvalue weighted by molar-refractivity contribution is -0.121. The third-order valence-electron chi connectivity index (χ3n) is 2.03. The average Bonchev–Trinajstić information content (AvgIpc) is 2.44. The van der Waals surface area contributed by atoms with Gasteiger partial charge in [-0.05, 0) is 13.8 Å². The van der Waals surface area contributed by atoms with Crippen LogP contribution >= 0.6 is 0 Å². The smallest absolute Gasteiger partial charge is 0.241 e. The van der Waals surface area contributed by atoms with Crippen LogP contribution in [0.4, 0.5) is 5.69 Å². The molecule has 0 radical (unpaired) electrons. The SMILES string of the molecule is CNC(=O)C(C)Nc1cn(C)nc1C. The number of anilines is 1. The van der Waals surface area contributed by atoms with Crippen LogP contribution in [0.3, 0.4) is 0 Å². The molecule has 0 bridgehead atoms. The lowest BCUT2D eigenvalue weighted by Crippen LogP contribution is -2.35. The van der Waals surface area contributed by atoms with Gasteiger partial charge < -0.3 is 10.6 Å². The van der Waals surface area contributed by atoms with Gasteiger partial charge in [-0.2, -0.15) is 5.10 Å². The molecule has 0 spiro atoms. The summed E-state index contributed by atoms with van der Waals surface area (Å²) < 4.78 is 1.72. The van der Waals surface area contributed by atoms with Crippen LogP contribution in [0.15, 0.2) is 6.20 Å². The molecule has 1 amide bonds. The monoisotopic (exact) mass is 196 g/mol. The first-order chi connectivity index (χ1) is 6.54. The summed E-state index contributed by atoms with van der Waals surface area (Å²) in [5.74, 6) is -0.0340. The number of aryl methyl sites for hydroxylation is 2. The molecule has 14 heavy (non-hydrogen) atoms. The van der Waals surface area contributed by atoms with E-state index in [0.29, 0.717) is 0 Å². The van der Waals surface area contributed by atoms with E-state index in [-0.39, 0.29) is 11.9 Å². The number of likely N-dealkylation sites (N-methyl/N-ethyl adjacent to an activating group) is 1. The van der Waals surface area contributed by atoms with Crippen LogP contribution < -0.4 is 10.6 Å². The maximum atomic E-state index is 11.2. The summed E-state index contributed by atoms with van der Waals surface area (Å²) >= 11 is 0. The van der Waals surface area contributed by atoms with Gasteiger partial charge in [0.1, 0.15) is 6.04 Å². The molecule has 1 aromatic rings. The lowest BCUT2D eigenvalue weighted by atomic mass is 10.3. The van der Waals surface area contributed by atoms with Crippen LogP contribution in [0.2, 0.25) is 0 Å². The third-order valence-corrected chi connectivity index (χ3v) is 2.03. The molecule has 0 aliphatic rings. The van der Waals surface area contributed by atoms with Crippen molar-refractivity contribution >= 4 is 11.6 Å². The summed E-state index contributed by atoms with van der Waals surface area (Å²) in [6.07, 6.45) is 1.86. The number of rotatable bonds is 3. The van der Waals surface area contributed by atoms with Gasteiger partial charge in [-0.15, -0.1) is 0 Å². The Bertz CT molecular complexity index is 332. The Kier molecular flexibility index (Phi) is 3.11. The number of aromatic nitrogens is 2. The summed E-state index contributed by atoms with van der Waals surface area (Å²) in [6.45, 7) is 3.71. The molecule has 5 heteroatoms. The summed E-state index contributed by atoms with van der Waals surface area (Å²) in [4.78, 5) is 11.2. The predicted octanol–water partition coefficient (Wildman–Crippen LogP) is 0.275. The molecule has 5 nitrogen and oxygen atoms in total. The fraction of sp³-hybridized carbons (Fsp3) is 0.556. The minimum atomic E-state index is -0.247. The molecule has 0 saturated carbocycles. The van der Waals surface area contributed by atoms with Crippen molar-refractivity contribution in [2.24, 2.45) is 7.05 Å². The second-order valence-electron chi connectivity index (χ2n) is 3.28. The minimum absolute atomic E-state index is 0.0340. The maximum absolute atomic E-state index is 11.2. The van der Waals surface area contributed by atoms with Crippen molar-refractivity contribution in [3.63, 3.8) is 0 Å². The highest BCUT2D eigenvalue weighted by molar-refractivity contribution is 5.83. The molecule has 1 rings (SSSR count). The number of nitrogens with zero attached hydrogens (tertiary/aromatic N) is 2. The van der Waals surface area contributed by atoms with Gasteiger partial charge in [0, 0.05) is 20.3 Å². The van der Waals surface area contributed by atoms with Crippen molar-refractivity contribution in [3.8, 4) is 0 Å². The van der Waals surface area contributed by atoms with Crippen molar-refractivity contribution in [3.05, 3.63) is 11.9 Å². The van der Waals surface area contributed by atoms with Crippen molar-refractivity contribution < 1.29 is 4.79 Å². The second-order valence-corrected chi connectivity index (χ2v) is 3.28. The zero-order valence-electron chi connectivity index (χ0n) is 8.96. The summed E-state index contributed by atoms with van der Waals surface area (Å²) in [5, 5.41) is 9.84. The Morgan fingerprint density at radius 3 is 2.71 bits per heavy atom. The molecule has 1 aromatic heterocycles. The van der Waals surface area contributed by atoms with Crippen molar-refractivity contribution in [2.75, 3.05) is 12.4 Å². The zero-order valence-corrected chi connectivity index (χ0v) is 8.96. The van der Waals surface area contributed by atoms with E-state index >= 15 is 0 Å². The molecule has 0 aromatic carbocycles. The number of hydrogen-bond acceptors (Lipinski definition) is 3. The largest absolute Gasteiger partial charge is 0.371 e. The standard InChI is InChI=1S/C9H16N4O/c1-6-8(5-13(4)12-6)11-7(2)9(14)10-3/h5,7,11H,1-4H3,(H,10,14). The van der Waals surface area contributed by atoms with E-state index in [9.17, 15) is 4.79 Å². The number of amides is 1. The number of hydrogen-bond donors (Lipinski definition) is 2. The normalized spacial score (nSPS) is 12.3. The Morgan fingerprint density at radius 2 is 2.29 bits per heavy atom.